The summed E-state index contributed by atoms with van der Waals surface area (Å²) in [4.78, 5) is 22.1. The number of nitrogens with two attached hydrogens (primary N) is 1. The van der Waals surface area contributed by atoms with Crippen molar-refractivity contribution in [2.45, 2.75) is 46.6 Å². The van der Waals surface area contributed by atoms with E-state index in [1.807, 2.05) is 31.7 Å². The molecule has 0 unspecified atom stereocenters. The summed E-state index contributed by atoms with van der Waals surface area (Å²) in [6, 6.07) is 2.01. The van der Waals surface area contributed by atoms with E-state index < -0.39 is 0 Å². The van der Waals surface area contributed by atoms with E-state index in [-0.39, 0.29) is 18.5 Å². The van der Waals surface area contributed by atoms with Crippen LogP contribution in [0.2, 0.25) is 0 Å². The van der Waals surface area contributed by atoms with Gasteiger partial charge in [-0.05, 0) is 20.3 Å². The zero-order valence-corrected chi connectivity index (χ0v) is 12.8. The summed E-state index contributed by atoms with van der Waals surface area (Å²) >= 11 is 0. The Kier molecular flexibility index (Phi) is 6.21. The molecular formula is C14H25N5O. The van der Waals surface area contributed by atoms with E-state index in [1.165, 1.54) is 0 Å². The first-order valence-electron chi connectivity index (χ1n) is 7.14. The highest BCUT2D eigenvalue weighted by atomic mass is 16.1. The van der Waals surface area contributed by atoms with Crippen molar-refractivity contribution >= 4 is 17.5 Å². The molecule has 112 valence electrons. The molecule has 1 amide bonds. The van der Waals surface area contributed by atoms with Gasteiger partial charge in [0.25, 0.3) is 0 Å². The predicted molar refractivity (Wildman–Crippen MR) is 81.9 cm³/mol. The molecule has 0 aromatic carbocycles. The Morgan fingerprint density at radius 3 is 2.60 bits per heavy atom. The predicted octanol–water partition coefficient (Wildman–Crippen LogP) is 1.56. The van der Waals surface area contributed by atoms with Crippen LogP contribution >= 0.6 is 0 Å². The van der Waals surface area contributed by atoms with Crippen LogP contribution in [-0.2, 0) is 11.2 Å². The van der Waals surface area contributed by atoms with Gasteiger partial charge in [0.2, 0.25) is 5.91 Å². The van der Waals surface area contributed by atoms with Gasteiger partial charge < -0.3 is 16.0 Å². The summed E-state index contributed by atoms with van der Waals surface area (Å²) in [6.45, 7) is 9.15. The molecule has 0 saturated heterocycles. The Hall–Kier alpha value is -1.85. The number of primary amides is 1. The van der Waals surface area contributed by atoms with Crippen molar-refractivity contribution in [3.63, 3.8) is 0 Å². The Bertz CT molecular complexity index is 447. The lowest BCUT2D eigenvalue weighted by atomic mass is 10.3. The molecule has 0 aliphatic rings. The molecule has 6 nitrogen and oxygen atoms in total. The van der Waals surface area contributed by atoms with Crippen LogP contribution in [0.4, 0.5) is 11.6 Å². The molecule has 3 N–H and O–H groups in total. The van der Waals surface area contributed by atoms with Gasteiger partial charge in [-0.2, -0.15) is 0 Å². The van der Waals surface area contributed by atoms with Crippen molar-refractivity contribution in [2.75, 3.05) is 23.3 Å². The number of hydrogen-bond donors (Lipinski definition) is 2. The number of aryl methyl sites for hydroxylation is 1. The minimum absolute atomic E-state index is 0.140. The molecule has 0 aliphatic heterocycles. The number of anilines is 2. The molecule has 0 atom stereocenters. The third-order valence-corrected chi connectivity index (χ3v) is 2.88. The minimum Gasteiger partial charge on any atom is -0.370 e. The molecule has 0 saturated carbocycles. The summed E-state index contributed by atoms with van der Waals surface area (Å²) in [5, 5.41) is 3.26. The molecule has 0 aliphatic carbocycles. The van der Waals surface area contributed by atoms with Crippen molar-refractivity contribution in [3.8, 4) is 0 Å². The van der Waals surface area contributed by atoms with Crippen LogP contribution in [0, 0.1) is 0 Å². The average molecular weight is 279 g/mol. The fourth-order valence-corrected chi connectivity index (χ4v) is 1.83. The van der Waals surface area contributed by atoms with E-state index in [2.05, 4.69) is 22.2 Å². The third kappa shape index (κ3) is 4.68. The van der Waals surface area contributed by atoms with Gasteiger partial charge in [-0.15, -0.1) is 0 Å². The van der Waals surface area contributed by atoms with Crippen LogP contribution in [0.1, 0.15) is 39.9 Å². The lowest BCUT2D eigenvalue weighted by Gasteiger charge is -2.27. The summed E-state index contributed by atoms with van der Waals surface area (Å²) in [5.74, 6) is 1.93. The molecule has 0 radical (unpaired) electrons. The van der Waals surface area contributed by atoms with Crippen molar-refractivity contribution in [3.05, 3.63) is 11.9 Å². The third-order valence-electron chi connectivity index (χ3n) is 2.88. The first-order valence-corrected chi connectivity index (χ1v) is 7.14. The normalized spacial score (nSPS) is 10.7. The molecule has 20 heavy (non-hydrogen) atoms. The number of hydrogen-bond acceptors (Lipinski definition) is 5. The maximum Gasteiger partial charge on any atom is 0.237 e. The van der Waals surface area contributed by atoms with Crippen LogP contribution in [0.25, 0.3) is 0 Å². The molecule has 1 rings (SSSR count). The molecule has 0 bridgehead atoms. The van der Waals surface area contributed by atoms with Crippen molar-refractivity contribution in [1.82, 2.24) is 9.97 Å². The standard InChI is InChI=1S/C14H25N5O/c1-5-7-16-13-8-14(18-12(6-2)17-13)19(10(3)4)9-11(15)20/h8,10H,5-7,9H2,1-4H3,(H2,15,20)(H,16,17,18). The fraction of sp³-hybridized carbons (Fsp3) is 0.643. The topological polar surface area (TPSA) is 84.1 Å². The monoisotopic (exact) mass is 279 g/mol. The van der Waals surface area contributed by atoms with Gasteiger partial charge in [0.1, 0.15) is 17.5 Å². The summed E-state index contributed by atoms with van der Waals surface area (Å²) in [6.07, 6.45) is 1.77. The van der Waals surface area contributed by atoms with Crippen LogP contribution < -0.4 is 16.0 Å². The second-order valence-corrected chi connectivity index (χ2v) is 5.00. The summed E-state index contributed by atoms with van der Waals surface area (Å²) in [5.41, 5.74) is 5.32. The SMILES string of the molecule is CCCNc1cc(N(CC(N)=O)C(C)C)nc(CC)n1. The highest BCUT2D eigenvalue weighted by Crippen LogP contribution is 2.18. The first kappa shape index (κ1) is 16.2. The van der Waals surface area contributed by atoms with E-state index in [1.54, 1.807) is 0 Å². The minimum atomic E-state index is -0.363. The molecule has 0 spiro atoms. The van der Waals surface area contributed by atoms with Gasteiger partial charge in [-0.3, -0.25) is 4.79 Å². The first-order chi connectivity index (χ1) is 9.47. The van der Waals surface area contributed by atoms with Gasteiger partial charge >= 0.3 is 0 Å². The van der Waals surface area contributed by atoms with Gasteiger partial charge in [0.15, 0.2) is 0 Å². The molecule has 0 fully saturated rings. The zero-order valence-electron chi connectivity index (χ0n) is 12.8. The van der Waals surface area contributed by atoms with Gasteiger partial charge in [-0.1, -0.05) is 13.8 Å². The van der Waals surface area contributed by atoms with Crippen molar-refractivity contribution in [1.29, 1.82) is 0 Å². The second kappa shape index (κ2) is 7.67. The van der Waals surface area contributed by atoms with E-state index in [4.69, 9.17) is 5.73 Å². The van der Waals surface area contributed by atoms with Crippen molar-refractivity contribution < 1.29 is 4.79 Å². The Morgan fingerprint density at radius 1 is 1.40 bits per heavy atom. The smallest absolute Gasteiger partial charge is 0.237 e. The van der Waals surface area contributed by atoms with Crippen LogP contribution in [-0.4, -0.2) is 35.0 Å². The average Bonchev–Trinajstić information content (AvgIpc) is 2.41. The molecule has 6 heteroatoms. The Labute approximate surface area is 120 Å². The van der Waals surface area contributed by atoms with E-state index in [0.717, 1.165) is 36.8 Å². The Morgan fingerprint density at radius 2 is 2.10 bits per heavy atom. The number of amides is 1. The summed E-state index contributed by atoms with van der Waals surface area (Å²) < 4.78 is 0. The number of carbonyl (C=O) groups is 1. The number of nitrogens with one attached hydrogen (secondary N) is 1. The van der Waals surface area contributed by atoms with Crippen LogP contribution in [0.5, 0.6) is 0 Å². The fourth-order valence-electron chi connectivity index (χ4n) is 1.83. The summed E-state index contributed by atoms with van der Waals surface area (Å²) in [7, 11) is 0. The highest BCUT2D eigenvalue weighted by Gasteiger charge is 2.16. The molecule has 1 aromatic rings. The van der Waals surface area contributed by atoms with Gasteiger partial charge in [-0.25, -0.2) is 9.97 Å². The Balaban J connectivity index is 3.08. The van der Waals surface area contributed by atoms with E-state index >= 15 is 0 Å². The number of carbonyl (C=O) groups excluding carboxylic acids is 1. The van der Waals surface area contributed by atoms with E-state index in [9.17, 15) is 4.79 Å². The lowest BCUT2D eigenvalue weighted by molar-refractivity contribution is -0.116. The number of aromatic nitrogens is 2. The van der Waals surface area contributed by atoms with Crippen LogP contribution in [0.15, 0.2) is 6.07 Å². The molecule has 1 heterocycles. The largest absolute Gasteiger partial charge is 0.370 e. The van der Waals surface area contributed by atoms with Gasteiger partial charge in [0, 0.05) is 25.1 Å². The van der Waals surface area contributed by atoms with Gasteiger partial charge in [0.05, 0.1) is 6.54 Å². The van der Waals surface area contributed by atoms with Crippen molar-refractivity contribution in [2.24, 2.45) is 5.73 Å². The quantitative estimate of drug-likeness (QED) is 0.754. The van der Waals surface area contributed by atoms with Crippen LogP contribution in [0.3, 0.4) is 0 Å². The lowest BCUT2D eigenvalue weighted by Crippen LogP contribution is -2.39. The number of nitrogens with zero attached hydrogens (tertiary/aromatic N) is 3. The highest BCUT2D eigenvalue weighted by molar-refractivity contribution is 5.79. The maximum atomic E-state index is 11.2. The number of rotatable bonds is 8. The zero-order chi connectivity index (χ0) is 15.1. The molecule has 1 aromatic heterocycles. The maximum absolute atomic E-state index is 11.2. The second-order valence-electron chi connectivity index (χ2n) is 5.00. The van der Waals surface area contributed by atoms with E-state index in [0.29, 0.717) is 0 Å². The molecular weight excluding hydrogens is 254 g/mol.